The van der Waals surface area contributed by atoms with Gasteiger partial charge in [0.15, 0.2) is 0 Å². The van der Waals surface area contributed by atoms with Gasteiger partial charge < -0.3 is 15.6 Å². The molecule has 0 aliphatic rings. The number of nitrogens with one attached hydrogen (secondary N) is 3. The number of carbonyl (C=O) groups is 2. The summed E-state index contributed by atoms with van der Waals surface area (Å²) in [6, 6.07) is 13.2. The van der Waals surface area contributed by atoms with E-state index in [0.29, 0.717) is 41.5 Å². The van der Waals surface area contributed by atoms with E-state index >= 15 is 0 Å². The van der Waals surface area contributed by atoms with Crippen LogP contribution < -0.4 is 10.6 Å². The van der Waals surface area contributed by atoms with Gasteiger partial charge in [0.2, 0.25) is 0 Å². The van der Waals surface area contributed by atoms with Gasteiger partial charge in [-0.05, 0) is 36.8 Å². The fourth-order valence-corrected chi connectivity index (χ4v) is 2.57. The minimum Gasteiger partial charge on any atom is -0.360 e. The summed E-state index contributed by atoms with van der Waals surface area (Å²) in [5.74, 6) is -0.715. The summed E-state index contributed by atoms with van der Waals surface area (Å²) < 4.78 is 13.2. The number of hydrogen-bond acceptors (Lipinski definition) is 2. The number of halogens is 1. The maximum atomic E-state index is 13.2. The van der Waals surface area contributed by atoms with Crippen molar-refractivity contribution < 1.29 is 14.0 Å². The van der Waals surface area contributed by atoms with Gasteiger partial charge in [-0.3, -0.25) is 9.59 Å². The van der Waals surface area contributed by atoms with Crippen LogP contribution in [0.2, 0.25) is 0 Å². The van der Waals surface area contributed by atoms with E-state index in [1.807, 2.05) is 18.2 Å². The van der Waals surface area contributed by atoms with E-state index in [4.69, 9.17) is 0 Å². The minimum atomic E-state index is -0.351. The van der Waals surface area contributed by atoms with E-state index in [1.54, 1.807) is 24.4 Å². The summed E-state index contributed by atoms with van der Waals surface area (Å²) in [5.41, 5.74) is 1.67. The highest BCUT2D eigenvalue weighted by Crippen LogP contribution is 2.19. The quantitative estimate of drug-likeness (QED) is 0.604. The summed E-state index contributed by atoms with van der Waals surface area (Å²) in [5, 5.41) is 6.28. The standard InChI is InChI=1S/C19H18FN3O2/c20-14-7-8-15-16(12-23-17(15)11-14)19(25)22-10-4-9-21-18(24)13-5-2-1-3-6-13/h1-3,5-8,11-12,23H,4,9-10H2,(H,21,24)(H,22,25). The fraction of sp³-hybridized carbons (Fsp3) is 0.158. The first-order valence-corrected chi connectivity index (χ1v) is 8.03. The molecule has 1 heterocycles. The second kappa shape index (κ2) is 7.61. The van der Waals surface area contributed by atoms with Crippen molar-refractivity contribution in [1.82, 2.24) is 15.6 Å². The molecule has 0 radical (unpaired) electrons. The third-order valence-electron chi connectivity index (χ3n) is 3.85. The van der Waals surface area contributed by atoms with Crippen LogP contribution in [-0.4, -0.2) is 29.9 Å². The van der Waals surface area contributed by atoms with Crippen molar-refractivity contribution in [3.63, 3.8) is 0 Å². The molecule has 0 spiro atoms. The number of benzene rings is 2. The molecule has 6 heteroatoms. The zero-order chi connectivity index (χ0) is 17.6. The highest BCUT2D eigenvalue weighted by atomic mass is 19.1. The van der Waals surface area contributed by atoms with Crippen LogP contribution >= 0.6 is 0 Å². The predicted octanol–water partition coefficient (Wildman–Crippen LogP) is 2.86. The number of H-pyrrole nitrogens is 1. The molecule has 3 rings (SSSR count). The Labute approximate surface area is 144 Å². The molecule has 5 nitrogen and oxygen atoms in total. The van der Waals surface area contributed by atoms with E-state index in [1.165, 1.54) is 12.1 Å². The first kappa shape index (κ1) is 16.7. The van der Waals surface area contributed by atoms with Gasteiger partial charge in [0, 0.05) is 35.8 Å². The Morgan fingerprint density at radius 2 is 1.68 bits per heavy atom. The highest BCUT2D eigenvalue weighted by molar-refractivity contribution is 6.06. The molecule has 3 aromatic rings. The SMILES string of the molecule is O=C(NCCCNC(=O)c1c[nH]c2cc(F)ccc12)c1ccccc1. The molecule has 0 fully saturated rings. The molecule has 0 aliphatic carbocycles. The maximum absolute atomic E-state index is 13.2. The smallest absolute Gasteiger partial charge is 0.253 e. The first-order valence-electron chi connectivity index (χ1n) is 8.03. The molecular weight excluding hydrogens is 321 g/mol. The zero-order valence-electron chi connectivity index (χ0n) is 13.5. The molecule has 3 N–H and O–H groups in total. The van der Waals surface area contributed by atoms with Gasteiger partial charge in [0.05, 0.1) is 5.56 Å². The van der Waals surface area contributed by atoms with Crippen molar-refractivity contribution in [3.8, 4) is 0 Å². The van der Waals surface area contributed by atoms with Crippen molar-refractivity contribution in [2.24, 2.45) is 0 Å². The number of rotatable bonds is 6. The summed E-state index contributed by atoms with van der Waals surface area (Å²) >= 11 is 0. The van der Waals surface area contributed by atoms with Crippen LogP contribution in [0.4, 0.5) is 4.39 Å². The van der Waals surface area contributed by atoms with E-state index in [2.05, 4.69) is 15.6 Å². The van der Waals surface area contributed by atoms with E-state index in [-0.39, 0.29) is 17.6 Å². The summed E-state index contributed by atoms with van der Waals surface area (Å²) in [7, 11) is 0. The molecule has 2 aromatic carbocycles. The lowest BCUT2D eigenvalue weighted by atomic mass is 10.1. The van der Waals surface area contributed by atoms with E-state index in [9.17, 15) is 14.0 Å². The summed E-state index contributed by atoms with van der Waals surface area (Å²) in [6.45, 7) is 0.898. The van der Waals surface area contributed by atoms with Crippen LogP contribution in [-0.2, 0) is 0 Å². The lowest BCUT2D eigenvalue weighted by molar-refractivity contribution is 0.0952. The van der Waals surface area contributed by atoms with Crippen LogP contribution in [0.5, 0.6) is 0 Å². The van der Waals surface area contributed by atoms with Gasteiger partial charge in [-0.2, -0.15) is 0 Å². The Balaban J connectivity index is 1.46. The number of aromatic nitrogens is 1. The number of aromatic amines is 1. The third kappa shape index (κ3) is 4.03. The van der Waals surface area contributed by atoms with Crippen LogP contribution in [0.15, 0.2) is 54.7 Å². The van der Waals surface area contributed by atoms with Crippen molar-refractivity contribution in [1.29, 1.82) is 0 Å². The Morgan fingerprint density at radius 1 is 0.960 bits per heavy atom. The number of amides is 2. The Hall–Kier alpha value is -3.15. The molecule has 1 aromatic heterocycles. The van der Waals surface area contributed by atoms with Crippen molar-refractivity contribution in [2.45, 2.75) is 6.42 Å². The van der Waals surface area contributed by atoms with Gasteiger partial charge in [-0.1, -0.05) is 18.2 Å². The van der Waals surface area contributed by atoms with Crippen LogP contribution in [0.1, 0.15) is 27.1 Å². The number of hydrogen-bond donors (Lipinski definition) is 3. The van der Waals surface area contributed by atoms with E-state index in [0.717, 1.165) is 0 Å². The lowest BCUT2D eigenvalue weighted by Crippen LogP contribution is -2.29. The maximum Gasteiger partial charge on any atom is 0.253 e. The molecule has 0 saturated carbocycles. The van der Waals surface area contributed by atoms with Crippen molar-refractivity contribution >= 4 is 22.7 Å². The Kier molecular flexibility index (Phi) is 5.09. The van der Waals surface area contributed by atoms with Crippen molar-refractivity contribution in [2.75, 3.05) is 13.1 Å². The third-order valence-corrected chi connectivity index (χ3v) is 3.85. The molecule has 0 unspecified atom stereocenters. The molecular formula is C19H18FN3O2. The number of carbonyl (C=O) groups excluding carboxylic acids is 2. The van der Waals surface area contributed by atoms with Crippen LogP contribution in [0.3, 0.4) is 0 Å². The Bertz CT molecular complexity index is 890. The summed E-state index contributed by atoms with van der Waals surface area (Å²) in [4.78, 5) is 27.0. The van der Waals surface area contributed by atoms with Gasteiger partial charge in [-0.15, -0.1) is 0 Å². The van der Waals surface area contributed by atoms with Crippen LogP contribution in [0.25, 0.3) is 10.9 Å². The lowest BCUT2D eigenvalue weighted by Gasteiger charge is -2.06. The van der Waals surface area contributed by atoms with Crippen molar-refractivity contribution in [3.05, 3.63) is 71.7 Å². The topological polar surface area (TPSA) is 74.0 Å². The molecule has 25 heavy (non-hydrogen) atoms. The van der Waals surface area contributed by atoms with Gasteiger partial charge >= 0.3 is 0 Å². The van der Waals surface area contributed by atoms with Gasteiger partial charge in [0.25, 0.3) is 11.8 Å². The zero-order valence-corrected chi connectivity index (χ0v) is 13.5. The predicted molar refractivity (Wildman–Crippen MR) is 94.0 cm³/mol. The van der Waals surface area contributed by atoms with Crippen LogP contribution in [0, 0.1) is 5.82 Å². The first-order chi connectivity index (χ1) is 12.1. The monoisotopic (exact) mass is 339 g/mol. The second-order valence-corrected chi connectivity index (χ2v) is 5.62. The number of fused-ring (bicyclic) bond motifs is 1. The minimum absolute atomic E-state index is 0.134. The molecule has 0 saturated heterocycles. The summed E-state index contributed by atoms with van der Waals surface area (Å²) in [6.07, 6.45) is 2.18. The van der Waals surface area contributed by atoms with Gasteiger partial charge in [-0.25, -0.2) is 4.39 Å². The van der Waals surface area contributed by atoms with E-state index < -0.39 is 0 Å². The van der Waals surface area contributed by atoms with Gasteiger partial charge in [0.1, 0.15) is 5.82 Å². The molecule has 0 bridgehead atoms. The highest BCUT2D eigenvalue weighted by Gasteiger charge is 2.12. The second-order valence-electron chi connectivity index (χ2n) is 5.62. The Morgan fingerprint density at radius 3 is 2.44 bits per heavy atom. The fourth-order valence-electron chi connectivity index (χ4n) is 2.57. The molecule has 2 amide bonds. The molecule has 128 valence electrons. The molecule has 0 aliphatic heterocycles. The largest absolute Gasteiger partial charge is 0.360 e. The average Bonchev–Trinajstić information content (AvgIpc) is 3.05. The molecule has 0 atom stereocenters. The normalized spacial score (nSPS) is 10.6. The average molecular weight is 339 g/mol.